The van der Waals surface area contributed by atoms with Crippen molar-refractivity contribution in [2.24, 2.45) is 4.99 Å². The molecule has 0 saturated carbocycles. The number of aliphatic imine (C=N–C) groups is 1. The van der Waals surface area contributed by atoms with Crippen molar-refractivity contribution < 1.29 is 4.74 Å². The fourth-order valence-corrected chi connectivity index (χ4v) is 3.43. The third-order valence-electron chi connectivity index (χ3n) is 4.75. The first-order chi connectivity index (χ1) is 12.2. The molecule has 0 bridgehead atoms. The summed E-state index contributed by atoms with van der Waals surface area (Å²) in [5.74, 6) is 0.981. The van der Waals surface area contributed by atoms with Crippen LogP contribution in [0.1, 0.15) is 31.0 Å². The zero-order valence-electron chi connectivity index (χ0n) is 15.5. The van der Waals surface area contributed by atoms with Crippen LogP contribution in [0.2, 0.25) is 0 Å². The molecule has 0 atom stereocenters. The highest BCUT2D eigenvalue weighted by molar-refractivity contribution is 5.79. The molecule has 0 spiro atoms. The number of aromatic nitrogens is 2. The number of fused-ring (bicyclic) bond motifs is 1. The van der Waals surface area contributed by atoms with E-state index >= 15 is 0 Å². The van der Waals surface area contributed by atoms with Crippen LogP contribution in [0.5, 0.6) is 0 Å². The fraction of sp³-hybridized carbons (Fsp3) is 0.579. The average Bonchev–Trinajstić information content (AvgIpc) is 3.04. The van der Waals surface area contributed by atoms with E-state index in [-0.39, 0.29) is 0 Å². The molecule has 136 valence electrons. The molecule has 0 aromatic carbocycles. The minimum Gasteiger partial charge on any atom is -0.378 e. The Balaban J connectivity index is 1.50. The van der Waals surface area contributed by atoms with Crippen molar-refractivity contribution in [3.8, 4) is 0 Å². The highest BCUT2D eigenvalue weighted by atomic mass is 16.5. The molecule has 6 nitrogen and oxygen atoms in total. The molecule has 1 aliphatic heterocycles. The topological polar surface area (TPSA) is 54.2 Å². The van der Waals surface area contributed by atoms with Crippen molar-refractivity contribution in [1.29, 1.82) is 0 Å². The summed E-state index contributed by atoms with van der Waals surface area (Å²) in [6, 6.07) is 4.15. The SMILES string of the molecule is CCOC1CCN(C(=NC)NCCc2cn3cccc(C)c3n2)CC1. The van der Waals surface area contributed by atoms with Crippen LogP contribution >= 0.6 is 0 Å². The van der Waals surface area contributed by atoms with Gasteiger partial charge in [-0.1, -0.05) is 6.07 Å². The van der Waals surface area contributed by atoms with Gasteiger partial charge in [0.05, 0.1) is 11.8 Å². The molecular formula is C19H29N5O. The summed E-state index contributed by atoms with van der Waals surface area (Å²) < 4.78 is 7.82. The van der Waals surface area contributed by atoms with Gasteiger partial charge in [-0.25, -0.2) is 4.98 Å². The first-order valence-corrected chi connectivity index (χ1v) is 9.21. The van der Waals surface area contributed by atoms with Gasteiger partial charge in [0.1, 0.15) is 5.65 Å². The van der Waals surface area contributed by atoms with Crippen LogP contribution in [-0.2, 0) is 11.2 Å². The average molecular weight is 343 g/mol. The van der Waals surface area contributed by atoms with Crippen LogP contribution in [0, 0.1) is 6.92 Å². The number of aryl methyl sites for hydroxylation is 1. The van der Waals surface area contributed by atoms with E-state index in [1.165, 1.54) is 5.56 Å². The summed E-state index contributed by atoms with van der Waals surface area (Å²) in [6.45, 7) is 7.79. The number of piperidine rings is 1. The van der Waals surface area contributed by atoms with Crippen molar-refractivity contribution in [2.75, 3.05) is 33.3 Å². The van der Waals surface area contributed by atoms with E-state index in [0.29, 0.717) is 6.10 Å². The highest BCUT2D eigenvalue weighted by Crippen LogP contribution is 2.14. The Hall–Kier alpha value is -2.08. The van der Waals surface area contributed by atoms with Gasteiger partial charge in [0.2, 0.25) is 0 Å². The van der Waals surface area contributed by atoms with Crippen LogP contribution in [0.4, 0.5) is 0 Å². The number of hydrogen-bond acceptors (Lipinski definition) is 3. The predicted molar refractivity (Wildman–Crippen MR) is 101 cm³/mol. The lowest BCUT2D eigenvalue weighted by Crippen LogP contribution is -2.47. The second-order valence-electron chi connectivity index (χ2n) is 6.52. The minimum atomic E-state index is 0.403. The van der Waals surface area contributed by atoms with Crippen LogP contribution in [0.25, 0.3) is 5.65 Å². The van der Waals surface area contributed by atoms with Gasteiger partial charge in [-0.3, -0.25) is 4.99 Å². The molecule has 0 radical (unpaired) electrons. The third kappa shape index (κ3) is 4.31. The van der Waals surface area contributed by atoms with Gasteiger partial charge in [-0.2, -0.15) is 0 Å². The standard InChI is InChI=1S/C19H29N5O/c1-4-25-17-8-12-23(13-9-17)19(20-3)21-10-7-16-14-24-11-5-6-15(2)18(24)22-16/h5-6,11,14,17H,4,7-10,12-13H2,1-3H3,(H,20,21). The Labute approximate surface area is 149 Å². The Morgan fingerprint density at radius 2 is 2.20 bits per heavy atom. The molecule has 3 rings (SSSR count). The van der Waals surface area contributed by atoms with Crippen LogP contribution in [0.3, 0.4) is 0 Å². The summed E-state index contributed by atoms with van der Waals surface area (Å²) in [6.07, 6.45) is 7.59. The quantitative estimate of drug-likeness (QED) is 0.668. The molecular weight excluding hydrogens is 314 g/mol. The van der Waals surface area contributed by atoms with Crippen LogP contribution in [-0.4, -0.2) is 59.6 Å². The Morgan fingerprint density at radius 3 is 2.88 bits per heavy atom. The van der Waals surface area contributed by atoms with E-state index in [4.69, 9.17) is 9.72 Å². The van der Waals surface area contributed by atoms with E-state index in [1.807, 2.05) is 13.2 Å². The van der Waals surface area contributed by atoms with Crippen LogP contribution < -0.4 is 5.32 Å². The lowest BCUT2D eigenvalue weighted by Gasteiger charge is -2.34. The first kappa shape index (κ1) is 17.7. The molecule has 2 aromatic rings. The predicted octanol–water partition coefficient (Wildman–Crippen LogP) is 2.26. The van der Waals surface area contributed by atoms with Gasteiger partial charge in [0.15, 0.2) is 5.96 Å². The molecule has 0 aliphatic carbocycles. The van der Waals surface area contributed by atoms with Gasteiger partial charge in [0, 0.05) is 52.1 Å². The Bertz CT molecular complexity index is 716. The molecule has 1 N–H and O–H groups in total. The zero-order chi connectivity index (χ0) is 17.6. The number of imidazole rings is 1. The Kier molecular flexibility index (Phi) is 5.91. The fourth-order valence-electron chi connectivity index (χ4n) is 3.43. The molecule has 0 amide bonds. The number of nitrogens with zero attached hydrogens (tertiary/aromatic N) is 4. The largest absolute Gasteiger partial charge is 0.378 e. The van der Waals surface area contributed by atoms with Crippen molar-refractivity contribution in [3.63, 3.8) is 0 Å². The zero-order valence-corrected chi connectivity index (χ0v) is 15.5. The first-order valence-electron chi connectivity index (χ1n) is 9.21. The maximum Gasteiger partial charge on any atom is 0.193 e. The van der Waals surface area contributed by atoms with Crippen molar-refractivity contribution >= 4 is 11.6 Å². The molecule has 0 unspecified atom stereocenters. The number of guanidine groups is 1. The molecule has 1 saturated heterocycles. The molecule has 3 heterocycles. The summed E-state index contributed by atoms with van der Waals surface area (Å²) >= 11 is 0. The summed E-state index contributed by atoms with van der Waals surface area (Å²) in [5.41, 5.74) is 3.35. The molecule has 2 aromatic heterocycles. The normalized spacial score (nSPS) is 16.6. The van der Waals surface area contributed by atoms with Crippen LogP contribution in [0.15, 0.2) is 29.5 Å². The lowest BCUT2D eigenvalue weighted by atomic mass is 10.1. The van der Waals surface area contributed by atoms with Crippen molar-refractivity contribution in [3.05, 3.63) is 35.8 Å². The molecule has 25 heavy (non-hydrogen) atoms. The van der Waals surface area contributed by atoms with Gasteiger partial charge >= 0.3 is 0 Å². The number of likely N-dealkylation sites (tertiary alicyclic amines) is 1. The maximum absolute atomic E-state index is 5.72. The van der Waals surface area contributed by atoms with E-state index in [2.05, 4.69) is 51.8 Å². The van der Waals surface area contributed by atoms with Crippen molar-refractivity contribution in [2.45, 2.75) is 39.2 Å². The van der Waals surface area contributed by atoms with Gasteiger partial charge in [-0.05, 0) is 38.3 Å². The van der Waals surface area contributed by atoms with Gasteiger partial charge in [0.25, 0.3) is 0 Å². The van der Waals surface area contributed by atoms with E-state index in [1.54, 1.807) is 0 Å². The number of hydrogen-bond donors (Lipinski definition) is 1. The lowest BCUT2D eigenvalue weighted by molar-refractivity contribution is 0.0264. The number of nitrogens with one attached hydrogen (secondary N) is 1. The third-order valence-corrected chi connectivity index (χ3v) is 4.75. The second-order valence-corrected chi connectivity index (χ2v) is 6.52. The van der Waals surface area contributed by atoms with E-state index in [9.17, 15) is 0 Å². The molecule has 1 fully saturated rings. The molecule has 1 aliphatic rings. The number of pyridine rings is 1. The smallest absolute Gasteiger partial charge is 0.193 e. The molecule has 6 heteroatoms. The van der Waals surface area contributed by atoms with Crippen molar-refractivity contribution in [1.82, 2.24) is 19.6 Å². The Morgan fingerprint density at radius 1 is 1.40 bits per heavy atom. The van der Waals surface area contributed by atoms with E-state index in [0.717, 1.165) is 62.8 Å². The minimum absolute atomic E-state index is 0.403. The summed E-state index contributed by atoms with van der Waals surface area (Å²) in [5, 5.41) is 3.48. The van der Waals surface area contributed by atoms with Gasteiger partial charge in [-0.15, -0.1) is 0 Å². The summed E-state index contributed by atoms with van der Waals surface area (Å²) in [4.78, 5) is 11.5. The van der Waals surface area contributed by atoms with E-state index < -0.39 is 0 Å². The number of ether oxygens (including phenoxy) is 1. The highest BCUT2D eigenvalue weighted by Gasteiger charge is 2.21. The monoisotopic (exact) mass is 343 g/mol. The second kappa shape index (κ2) is 8.34. The summed E-state index contributed by atoms with van der Waals surface area (Å²) in [7, 11) is 1.85. The maximum atomic E-state index is 5.72. The number of rotatable bonds is 5. The van der Waals surface area contributed by atoms with Gasteiger partial charge < -0.3 is 19.4 Å².